The standard InChI is InChI=1S/C11H15N3O4.C2F6NO4S2/c1-13-2-3-14(7-13)6-10(15)18-8-4-9(11(16)17)12-5-8;3-1(4,5)14(10,11)9-15(12,13)2(6,7)8/h2-3,7-9,12H,4-6H2,1H3;/q;-1/p+1/t8-,9-;/m0./s1. The summed E-state index contributed by atoms with van der Waals surface area (Å²) in [5, 5.41) is 11.6. The summed E-state index contributed by atoms with van der Waals surface area (Å²) in [4.78, 5) is 22.3. The molecule has 190 valence electrons. The van der Waals surface area contributed by atoms with Gasteiger partial charge < -0.3 is 19.3 Å². The van der Waals surface area contributed by atoms with Crippen molar-refractivity contribution < 1.29 is 67.2 Å². The summed E-state index contributed by atoms with van der Waals surface area (Å²) in [5.74, 6) is -1.27. The fraction of sp³-hybridized carbons (Fsp3) is 0.615. The van der Waals surface area contributed by atoms with E-state index in [1.807, 2.05) is 17.8 Å². The van der Waals surface area contributed by atoms with E-state index in [4.69, 9.17) is 9.84 Å². The molecule has 1 aromatic heterocycles. The van der Waals surface area contributed by atoms with Crippen molar-refractivity contribution in [1.29, 1.82) is 0 Å². The highest BCUT2D eigenvalue weighted by molar-refractivity contribution is 8.13. The van der Waals surface area contributed by atoms with Crippen LogP contribution in [0.15, 0.2) is 18.7 Å². The second kappa shape index (κ2) is 10.2. The molecule has 0 aliphatic carbocycles. The molecule has 2 rings (SSSR count). The normalized spacial score (nSPS) is 19.5. The van der Waals surface area contributed by atoms with Gasteiger partial charge in [0.1, 0.15) is 24.5 Å². The number of carboxylic acid groups (broad SMARTS) is 1. The molecule has 1 fully saturated rings. The molecule has 20 heteroatoms. The minimum absolute atomic E-state index is 0.134. The van der Waals surface area contributed by atoms with Gasteiger partial charge in [-0.1, -0.05) is 0 Å². The first kappa shape index (κ1) is 28.6. The Labute approximate surface area is 182 Å². The Balaban J connectivity index is 0.000000337. The number of ether oxygens (including phenoxy) is 1. The number of aromatic nitrogens is 2. The van der Waals surface area contributed by atoms with E-state index in [-0.39, 0.29) is 18.6 Å². The summed E-state index contributed by atoms with van der Waals surface area (Å²) in [7, 11) is -11.6. The van der Waals surface area contributed by atoms with Crippen molar-refractivity contribution in [1.82, 2.24) is 9.88 Å². The number of hydrogen-bond acceptors (Lipinski definition) is 8. The number of halogens is 6. The Bertz CT molecular complexity index is 1030. The largest absolute Gasteiger partial charge is 0.480 e. The van der Waals surface area contributed by atoms with Crippen molar-refractivity contribution in [3.8, 4) is 0 Å². The van der Waals surface area contributed by atoms with Crippen LogP contribution in [0.1, 0.15) is 6.42 Å². The highest BCUT2D eigenvalue weighted by atomic mass is 32.3. The molecule has 0 aromatic carbocycles. The van der Waals surface area contributed by atoms with Gasteiger partial charge >= 0.3 is 23.0 Å². The van der Waals surface area contributed by atoms with Crippen molar-refractivity contribution in [2.24, 2.45) is 7.05 Å². The summed E-state index contributed by atoms with van der Waals surface area (Å²) in [6.45, 7) is 0.525. The van der Waals surface area contributed by atoms with Crippen molar-refractivity contribution >= 4 is 32.0 Å². The number of esters is 1. The third-order valence-corrected chi connectivity index (χ3v) is 6.34. The summed E-state index contributed by atoms with van der Waals surface area (Å²) in [6, 6.07) is -0.618. The minimum Gasteiger partial charge on any atom is -0.480 e. The van der Waals surface area contributed by atoms with Gasteiger partial charge in [0.25, 0.3) is 0 Å². The molecule has 0 radical (unpaired) electrons. The number of aliphatic carboxylic acids is 1. The van der Waals surface area contributed by atoms with Crippen LogP contribution in [0.25, 0.3) is 4.13 Å². The number of nitrogens with zero attached hydrogens (tertiary/aromatic N) is 3. The second-order valence-corrected chi connectivity index (χ2v) is 9.74. The number of imidazole rings is 1. The Kier molecular flexibility index (Phi) is 8.85. The molecule has 0 bridgehead atoms. The summed E-state index contributed by atoms with van der Waals surface area (Å²) in [5.41, 5.74) is -12.4. The molecule has 1 aromatic rings. The number of carbonyl (C=O) groups excluding carboxylic acids is 1. The Morgan fingerprint density at radius 2 is 1.67 bits per heavy atom. The number of nitrogens with one attached hydrogen (secondary N) is 1. The zero-order valence-corrected chi connectivity index (χ0v) is 17.9. The van der Waals surface area contributed by atoms with E-state index >= 15 is 0 Å². The molecule has 0 amide bonds. The van der Waals surface area contributed by atoms with Gasteiger partial charge in [-0.25, -0.2) is 30.8 Å². The molecule has 2 N–H and O–H groups in total. The van der Waals surface area contributed by atoms with Gasteiger partial charge in [0, 0.05) is 13.0 Å². The fourth-order valence-electron chi connectivity index (χ4n) is 2.16. The smallest absolute Gasteiger partial charge is 0.480 e. The zero-order valence-electron chi connectivity index (χ0n) is 16.2. The first-order valence-corrected chi connectivity index (χ1v) is 11.2. The molecule has 0 spiro atoms. The van der Waals surface area contributed by atoms with E-state index in [1.165, 1.54) is 0 Å². The molecule has 1 saturated heterocycles. The second-order valence-electron chi connectivity index (χ2n) is 6.31. The van der Waals surface area contributed by atoms with E-state index in [0.29, 0.717) is 13.0 Å². The molecular weight excluding hydrogens is 518 g/mol. The summed E-state index contributed by atoms with van der Waals surface area (Å²) < 4.78 is 118. The maximum absolute atomic E-state index is 11.6. The van der Waals surface area contributed by atoms with Crippen molar-refractivity contribution in [2.75, 3.05) is 6.54 Å². The van der Waals surface area contributed by atoms with Crippen LogP contribution >= 0.6 is 0 Å². The molecule has 12 nitrogen and oxygen atoms in total. The van der Waals surface area contributed by atoms with E-state index in [2.05, 4.69) is 5.32 Å². The van der Waals surface area contributed by atoms with Crippen LogP contribution in [0.2, 0.25) is 0 Å². The van der Waals surface area contributed by atoms with Gasteiger partial charge in [0.2, 0.25) is 6.33 Å². The van der Waals surface area contributed by atoms with Gasteiger partial charge in [-0.3, -0.25) is 4.79 Å². The lowest BCUT2D eigenvalue weighted by atomic mass is 10.2. The van der Waals surface area contributed by atoms with Crippen molar-refractivity contribution in [3.63, 3.8) is 0 Å². The molecule has 2 atom stereocenters. The van der Waals surface area contributed by atoms with Crippen molar-refractivity contribution in [2.45, 2.75) is 36.1 Å². The fourth-order valence-corrected chi connectivity index (χ4v) is 3.87. The predicted molar refractivity (Wildman–Crippen MR) is 92.8 cm³/mol. The van der Waals surface area contributed by atoms with Crippen molar-refractivity contribution in [3.05, 3.63) is 22.8 Å². The monoisotopic (exact) mass is 534 g/mol. The predicted octanol–water partition coefficient (Wildman–Crippen LogP) is -0.270. The first-order chi connectivity index (χ1) is 14.7. The topological polar surface area (TPSA) is 167 Å². The van der Waals surface area contributed by atoms with E-state index < -0.39 is 43.1 Å². The Hall–Kier alpha value is -2.45. The first-order valence-electron chi connectivity index (χ1n) is 8.28. The molecule has 0 unspecified atom stereocenters. The van der Waals surface area contributed by atoms with Crippen LogP contribution in [0, 0.1) is 0 Å². The average molecular weight is 534 g/mol. The SMILES string of the molecule is C[n+]1ccn(CC(=O)O[C@@H]2CN[C@H](C(=O)O)C2)c1.O=S(=O)([N-]S(=O)(=O)C(F)(F)F)C(F)(F)F. The quantitative estimate of drug-likeness (QED) is 0.284. The van der Waals surface area contributed by atoms with Crippen LogP contribution < -0.4 is 9.88 Å². The Morgan fingerprint density at radius 3 is 2.03 bits per heavy atom. The van der Waals surface area contributed by atoms with Crippen LogP contribution in [-0.4, -0.2) is 68.2 Å². The molecule has 1 aliphatic heterocycles. The maximum atomic E-state index is 11.6. The number of rotatable bonds is 6. The van der Waals surface area contributed by atoms with E-state index in [0.717, 1.165) is 4.13 Å². The lowest BCUT2D eigenvalue weighted by molar-refractivity contribution is -0.671. The number of sulfonamides is 2. The number of carboxylic acids is 1. The Morgan fingerprint density at radius 1 is 1.15 bits per heavy atom. The molecule has 0 saturated carbocycles. The number of aryl methyl sites for hydroxylation is 1. The third kappa shape index (κ3) is 8.44. The van der Waals surface area contributed by atoms with E-state index in [9.17, 15) is 52.8 Å². The zero-order chi connectivity index (χ0) is 25.8. The van der Waals surface area contributed by atoms with Crippen LogP contribution in [0.4, 0.5) is 26.3 Å². The van der Waals surface area contributed by atoms with Crippen LogP contribution in [0.3, 0.4) is 0 Å². The van der Waals surface area contributed by atoms with Crippen LogP contribution in [-0.2, 0) is 48.0 Å². The summed E-state index contributed by atoms with van der Waals surface area (Å²) >= 11 is 0. The lowest BCUT2D eigenvalue weighted by Crippen LogP contribution is -2.30. The lowest BCUT2D eigenvalue weighted by Gasteiger charge is -2.22. The number of hydrogen-bond donors (Lipinski definition) is 2. The molecule has 33 heavy (non-hydrogen) atoms. The highest BCUT2D eigenvalue weighted by Gasteiger charge is 2.47. The summed E-state index contributed by atoms with van der Waals surface area (Å²) in [6.07, 6.45) is 5.33. The average Bonchev–Trinajstić information content (AvgIpc) is 3.21. The van der Waals surface area contributed by atoms with Gasteiger partial charge in [-0.05, 0) is 0 Å². The molecular formula is C13H16F6N4O8S2. The molecule has 2 heterocycles. The van der Waals surface area contributed by atoms with Gasteiger partial charge in [-0.2, -0.15) is 26.3 Å². The highest BCUT2D eigenvalue weighted by Crippen LogP contribution is 2.36. The third-order valence-electron chi connectivity index (χ3n) is 3.60. The van der Waals surface area contributed by atoms with Gasteiger partial charge in [0.05, 0.1) is 7.05 Å². The van der Waals surface area contributed by atoms with Gasteiger partial charge in [-0.15, -0.1) is 0 Å². The number of carbonyl (C=O) groups is 2. The van der Waals surface area contributed by atoms with Crippen LogP contribution in [0.5, 0.6) is 0 Å². The maximum Gasteiger partial charge on any atom is 0.480 e. The van der Waals surface area contributed by atoms with E-state index in [1.54, 1.807) is 17.1 Å². The number of alkyl halides is 6. The molecule has 1 aliphatic rings. The van der Waals surface area contributed by atoms with Gasteiger partial charge in [0.15, 0.2) is 26.6 Å². The minimum atomic E-state index is -6.72.